The second-order valence-corrected chi connectivity index (χ2v) is 5.23. The summed E-state index contributed by atoms with van der Waals surface area (Å²) in [5.41, 5.74) is 7.40. The second kappa shape index (κ2) is 5.34. The van der Waals surface area contributed by atoms with Gasteiger partial charge in [0.1, 0.15) is 5.82 Å². The average Bonchev–Trinajstić information content (AvgIpc) is 2.76. The maximum absolute atomic E-state index is 13.5. The zero-order chi connectivity index (χ0) is 12.4. The predicted octanol–water partition coefficient (Wildman–Crippen LogP) is 2.79. The highest BCUT2D eigenvalue weighted by molar-refractivity contribution is 6.31. The van der Waals surface area contributed by atoms with Crippen molar-refractivity contribution >= 4 is 11.6 Å². The third kappa shape index (κ3) is 2.97. The van der Waals surface area contributed by atoms with E-state index < -0.39 is 0 Å². The summed E-state index contributed by atoms with van der Waals surface area (Å²) in [5, 5.41) is 3.87. The zero-order valence-electron chi connectivity index (χ0n) is 9.97. The van der Waals surface area contributed by atoms with Crippen LogP contribution in [0.4, 0.5) is 4.39 Å². The quantitative estimate of drug-likeness (QED) is 0.873. The van der Waals surface area contributed by atoms with E-state index in [9.17, 15) is 4.39 Å². The first-order chi connectivity index (χ1) is 8.08. The van der Waals surface area contributed by atoms with E-state index in [0.29, 0.717) is 16.5 Å². The lowest BCUT2D eigenvalue weighted by atomic mass is 9.94. The molecule has 3 N–H and O–H groups in total. The van der Waals surface area contributed by atoms with E-state index >= 15 is 0 Å². The van der Waals surface area contributed by atoms with Gasteiger partial charge in [0, 0.05) is 11.1 Å². The minimum Gasteiger partial charge on any atom is -0.324 e. The highest BCUT2D eigenvalue weighted by atomic mass is 35.5. The fraction of sp³-hybridized carbons (Fsp3) is 0.538. The summed E-state index contributed by atoms with van der Waals surface area (Å²) in [4.78, 5) is 0. The van der Waals surface area contributed by atoms with Crippen LogP contribution in [0.3, 0.4) is 0 Å². The smallest absolute Gasteiger partial charge is 0.126 e. The molecule has 1 saturated heterocycles. The van der Waals surface area contributed by atoms with Crippen molar-refractivity contribution in [1.29, 1.82) is 0 Å². The Morgan fingerprint density at radius 2 is 2.35 bits per heavy atom. The molecule has 2 rings (SSSR count). The van der Waals surface area contributed by atoms with E-state index in [2.05, 4.69) is 5.32 Å². The molecule has 2 nitrogen and oxygen atoms in total. The average molecular weight is 257 g/mol. The van der Waals surface area contributed by atoms with Gasteiger partial charge in [-0.3, -0.25) is 0 Å². The summed E-state index contributed by atoms with van der Waals surface area (Å²) < 4.78 is 13.5. The van der Waals surface area contributed by atoms with Crippen LogP contribution in [0.5, 0.6) is 0 Å². The first-order valence-electron chi connectivity index (χ1n) is 5.99. The number of rotatable bonds is 3. The summed E-state index contributed by atoms with van der Waals surface area (Å²) >= 11 is 6.12. The molecule has 1 aromatic rings. The second-order valence-electron chi connectivity index (χ2n) is 4.82. The van der Waals surface area contributed by atoms with Crippen LogP contribution in [0.25, 0.3) is 0 Å². The van der Waals surface area contributed by atoms with Crippen molar-refractivity contribution in [3.05, 3.63) is 34.1 Å². The van der Waals surface area contributed by atoms with Gasteiger partial charge in [-0.15, -0.1) is 0 Å². The van der Waals surface area contributed by atoms with E-state index in [1.54, 1.807) is 13.0 Å². The molecule has 0 aliphatic carbocycles. The molecule has 1 aromatic carbocycles. The van der Waals surface area contributed by atoms with Crippen LogP contribution >= 0.6 is 11.6 Å². The third-order valence-corrected chi connectivity index (χ3v) is 3.75. The number of aryl methyl sites for hydroxylation is 1. The molecule has 2 atom stereocenters. The van der Waals surface area contributed by atoms with E-state index in [4.69, 9.17) is 17.3 Å². The maximum atomic E-state index is 13.5. The van der Waals surface area contributed by atoms with Crippen LogP contribution in [0, 0.1) is 18.7 Å². The van der Waals surface area contributed by atoms with Crippen molar-refractivity contribution in [2.75, 3.05) is 13.1 Å². The Hall–Kier alpha value is -0.640. The molecule has 94 valence electrons. The SMILES string of the molecule is Cc1cc(Cl)c(C(N)CC2CCNC2)cc1F. The van der Waals surface area contributed by atoms with Crippen LogP contribution in [0.2, 0.25) is 5.02 Å². The maximum Gasteiger partial charge on any atom is 0.126 e. The highest BCUT2D eigenvalue weighted by Gasteiger charge is 2.20. The lowest BCUT2D eigenvalue weighted by Crippen LogP contribution is -2.18. The number of nitrogens with one attached hydrogen (secondary N) is 1. The molecule has 2 unspecified atom stereocenters. The molecular formula is C13H18ClFN2. The Kier molecular flexibility index (Phi) is 4.02. The summed E-state index contributed by atoms with van der Waals surface area (Å²) in [6, 6.07) is 2.95. The van der Waals surface area contributed by atoms with Gasteiger partial charge < -0.3 is 11.1 Å². The summed E-state index contributed by atoms with van der Waals surface area (Å²) in [5.74, 6) is 0.342. The van der Waals surface area contributed by atoms with Gasteiger partial charge in [0.15, 0.2) is 0 Å². The van der Waals surface area contributed by atoms with Gasteiger partial charge in [-0.1, -0.05) is 11.6 Å². The standard InChI is InChI=1S/C13H18ClFN2/c1-8-4-11(14)10(6-12(8)15)13(16)5-9-2-3-17-7-9/h4,6,9,13,17H,2-3,5,7,16H2,1H3. The Labute approximate surface area is 106 Å². The van der Waals surface area contributed by atoms with Crippen molar-refractivity contribution in [2.24, 2.45) is 11.7 Å². The van der Waals surface area contributed by atoms with Crippen LogP contribution < -0.4 is 11.1 Å². The molecule has 17 heavy (non-hydrogen) atoms. The molecule has 0 amide bonds. The van der Waals surface area contributed by atoms with Crippen molar-refractivity contribution in [3.8, 4) is 0 Å². The predicted molar refractivity (Wildman–Crippen MR) is 68.7 cm³/mol. The van der Waals surface area contributed by atoms with Crippen molar-refractivity contribution in [1.82, 2.24) is 5.32 Å². The number of hydrogen-bond donors (Lipinski definition) is 2. The molecule has 0 bridgehead atoms. The van der Waals surface area contributed by atoms with Crippen molar-refractivity contribution in [2.45, 2.75) is 25.8 Å². The summed E-state index contributed by atoms with van der Waals surface area (Å²) in [6.07, 6.45) is 1.99. The minimum absolute atomic E-state index is 0.178. The molecule has 0 aromatic heterocycles. The Morgan fingerprint density at radius 1 is 1.59 bits per heavy atom. The van der Waals surface area contributed by atoms with Gasteiger partial charge in [-0.25, -0.2) is 4.39 Å². The number of hydrogen-bond acceptors (Lipinski definition) is 2. The van der Waals surface area contributed by atoms with Crippen molar-refractivity contribution < 1.29 is 4.39 Å². The van der Waals surface area contributed by atoms with Gasteiger partial charge in [-0.2, -0.15) is 0 Å². The largest absolute Gasteiger partial charge is 0.324 e. The first kappa shape index (κ1) is 12.8. The number of benzene rings is 1. The van der Waals surface area contributed by atoms with Gasteiger partial charge in [0.25, 0.3) is 0 Å². The van der Waals surface area contributed by atoms with Crippen LogP contribution in [0.1, 0.15) is 30.0 Å². The van der Waals surface area contributed by atoms with Gasteiger partial charge in [-0.05, 0) is 62.0 Å². The lowest BCUT2D eigenvalue weighted by molar-refractivity contribution is 0.471. The first-order valence-corrected chi connectivity index (χ1v) is 6.37. The van der Waals surface area contributed by atoms with Crippen molar-refractivity contribution in [3.63, 3.8) is 0 Å². The number of nitrogens with two attached hydrogens (primary N) is 1. The topological polar surface area (TPSA) is 38.0 Å². The van der Waals surface area contributed by atoms with E-state index in [0.717, 1.165) is 31.5 Å². The summed E-state index contributed by atoms with van der Waals surface area (Å²) in [6.45, 7) is 3.75. The van der Waals surface area contributed by atoms with E-state index in [-0.39, 0.29) is 11.9 Å². The Morgan fingerprint density at radius 3 is 3.00 bits per heavy atom. The lowest BCUT2D eigenvalue weighted by Gasteiger charge is -2.18. The van der Waals surface area contributed by atoms with Crippen LogP contribution in [-0.4, -0.2) is 13.1 Å². The molecule has 1 fully saturated rings. The third-order valence-electron chi connectivity index (χ3n) is 3.43. The highest BCUT2D eigenvalue weighted by Crippen LogP contribution is 2.29. The van der Waals surface area contributed by atoms with Crippen LogP contribution in [0.15, 0.2) is 12.1 Å². The zero-order valence-corrected chi connectivity index (χ0v) is 10.7. The van der Waals surface area contributed by atoms with Crippen LogP contribution in [-0.2, 0) is 0 Å². The Bertz CT molecular complexity index is 403. The molecular weight excluding hydrogens is 239 g/mol. The fourth-order valence-corrected chi connectivity index (χ4v) is 2.71. The van der Waals surface area contributed by atoms with Gasteiger partial charge in [0.2, 0.25) is 0 Å². The molecule has 1 heterocycles. The molecule has 0 radical (unpaired) electrons. The fourth-order valence-electron chi connectivity index (χ4n) is 2.35. The molecule has 0 spiro atoms. The normalized spacial score (nSPS) is 21.8. The monoisotopic (exact) mass is 256 g/mol. The van der Waals surface area contributed by atoms with E-state index in [1.165, 1.54) is 6.07 Å². The Balaban J connectivity index is 2.12. The summed E-state index contributed by atoms with van der Waals surface area (Å²) in [7, 11) is 0. The molecule has 0 saturated carbocycles. The van der Waals surface area contributed by atoms with E-state index in [1.807, 2.05) is 0 Å². The molecule has 1 aliphatic heterocycles. The molecule has 4 heteroatoms. The minimum atomic E-state index is -0.232. The molecule has 1 aliphatic rings. The van der Waals surface area contributed by atoms with Gasteiger partial charge in [0.05, 0.1) is 0 Å². The van der Waals surface area contributed by atoms with Gasteiger partial charge >= 0.3 is 0 Å². The number of halogens is 2.